The summed E-state index contributed by atoms with van der Waals surface area (Å²) in [4.78, 5) is 10.6. The molecule has 0 N–H and O–H groups in total. The van der Waals surface area contributed by atoms with Crippen molar-refractivity contribution in [3.63, 3.8) is 0 Å². The maximum Gasteiger partial charge on any atom is 0.199 e. The molecule has 0 bridgehead atoms. The Hall–Kier alpha value is -0.790. The monoisotopic (exact) mass is 112 g/mol. The zero-order valence-corrected chi connectivity index (χ0v) is 5.02. The van der Waals surface area contributed by atoms with E-state index in [0.717, 1.165) is 11.3 Å². The van der Waals surface area contributed by atoms with Gasteiger partial charge in [-0.15, -0.1) is 0 Å². The lowest BCUT2D eigenvalue weighted by Gasteiger charge is -1.89. The molecule has 2 nitrogen and oxygen atoms in total. The van der Waals surface area contributed by atoms with Crippen molar-refractivity contribution < 1.29 is 9.53 Å². The molecule has 0 amide bonds. The second-order valence-corrected chi connectivity index (χ2v) is 1.89. The van der Waals surface area contributed by atoms with Crippen LogP contribution in [-0.2, 0) is 9.53 Å². The van der Waals surface area contributed by atoms with Crippen LogP contribution in [0.3, 0.4) is 0 Å². The lowest BCUT2D eigenvalue weighted by atomic mass is 10.2. The number of carbonyl (C=O) groups excluding carboxylic acids is 1. The highest BCUT2D eigenvalue weighted by molar-refractivity contribution is 5.97. The molecule has 0 saturated heterocycles. The van der Waals surface area contributed by atoms with Crippen LogP contribution in [-0.4, -0.2) is 12.4 Å². The first-order valence-corrected chi connectivity index (χ1v) is 2.55. The number of Topliss-reactive ketones (excluding diaryl/α,β-unsaturated/α-hetero) is 1. The van der Waals surface area contributed by atoms with Crippen LogP contribution in [0.15, 0.2) is 11.3 Å². The quantitative estimate of drug-likeness (QED) is 0.465. The molecule has 8 heavy (non-hydrogen) atoms. The van der Waals surface area contributed by atoms with Gasteiger partial charge in [-0.05, 0) is 13.8 Å². The van der Waals surface area contributed by atoms with Gasteiger partial charge in [-0.25, -0.2) is 0 Å². The van der Waals surface area contributed by atoms with Crippen molar-refractivity contribution >= 4 is 5.78 Å². The molecule has 1 heterocycles. The number of hydrogen-bond donors (Lipinski definition) is 0. The fraction of sp³-hybridized carbons (Fsp3) is 0.500. The summed E-state index contributed by atoms with van der Waals surface area (Å²) in [5, 5.41) is 0. The number of hydrogen-bond acceptors (Lipinski definition) is 2. The van der Waals surface area contributed by atoms with Gasteiger partial charge in [0.2, 0.25) is 0 Å². The normalized spacial score (nSPS) is 19.5. The van der Waals surface area contributed by atoms with Crippen molar-refractivity contribution in [2.75, 3.05) is 6.61 Å². The molecule has 2 heteroatoms. The minimum atomic E-state index is 0.113. The molecule has 0 aliphatic carbocycles. The standard InChI is InChI=1S/C6H8O2/c1-4-5(2)8-3-6(4)7/h3H2,1-2H3. The molecule has 1 aliphatic rings. The lowest BCUT2D eigenvalue weighted by Crippen LogP contribution is -1.97. The Labute approximate surface area is 48.1 Å². The van der Waals surface area contributed by atoms with Crippen molar-refractivity contribution in [3.05, 3.63) is 11.3 Å². The van der Waals surface area contributed by atoms with Crippen LogP contribution in [0.5, 0.6) is 0 Å². The second kappa shape index (κ2) is 1.62. The van der Waals surface area contributed by atoms with Gasteiger partial charge in [-0.3, -0.25) is 4.79 Å². The Morgan fingerprint density at radius 1 is 1.50 bits per heavy atom. The Kier molecular flexibility index (Phi) is 1.08. The molecule has 0 unspecified atom stereocenters. The van der Waals surface area contributed by atoms with Gasteiger partial charge in [0, 0.05) is 5.57 Å². The fourth-order valence-corrected chi connectivity index (χ4v) is 0.587. The largest absolute Gasteiger partial charge is 0.490 e. The van der Waals surface area contributed by atoms with Crippen molar-refractivity contribution in [1.82, 2.24) is 0 Å². The maximum atomic E-state index is 10.6. The van der Waals surface area contributed by atoms with Crippen LogP contribution in [0, 0.1) is 0 Å². The summed E-state index contributed by atoms with van der Waals surface area (Å²) in [6.45, 7) is 3.84. The van der Waals surface area contributed by atoms with Gasteiger partial charge >= 0.3 is 0 Å². The minimum absolute atomic E-state index is 0.113. The summed E-state index contributed by atoms with van der Waals surface area (Å²) in [7, 11) is 0. The summed E-state index contributed by atoms with van der Waals surface area (Å²) in [6.07, 6.45) is 0. The molecule has 0 saturated carbocycles. The smallest absolute Gasteiger partial charge is 0.199 e. The number of rotatable bonds is 0. The van der Waals surface area contributed by atoms with E-state index in [-0.39, 0.29) is 12.4 Å². The van der Waals surface area contributed by atoms with Gasteiger partial charge < -0.3 is 4.74 Å². The lowest BCUT2D eigenvalue weighted by molar-refractivity contribution is -0.116. The molecule has 0 aromatic carbocycles. The Bertz CT molecular complexity index is 156. The highest BCUT2D eigenvalue weighted by Crippen LogP contribution is 2.13. The van der Waals surface area contributed by atoms with E-state index < -0.39 is 0 Å². The first kappa shape index (κ1) is 5.35. The van der Waals surface area contributed by atoms with Crippen molar-refractivity contribution in [2.24, 2.45) is 0 Å². The third-order valence-corrected chi connectivity index (χ3v) is 1.37. The summed E-state index contributed by atoms with van der Waals surface area (Å²) < 4.78 is 4.91. The number of ether oxygens (including phenoxy) is 1. The topological polar surface area (TPSA) is 26.3 Å². The average molecular weight is 112 g/mol. The zero-order chi connectivity index (χ0) is 6.15. The Morgan fingerprint density at radius 3 is 2.25 bits per heavy atom. The minimum Gasteiger partial charge on any atom is -0.490 e. The van der Waals surface area contributed by atoms with Gasteiger partial charge in [0.1, 0.15) is 5.76 Å². The molecule has 0 aromatic heterocycles. The molecular weight excluding hydrogens is 104 g/mol. The van der Waals surface area contributed by atoms with Gasteiger partial charge in [0.25, 0.3) is 0 Å². The number of ketones is 1. The molecule has 0 spiro atoms. The number of allylic oxidation sites excluding steroid dienone is 1. The van der Waals surface area contributed by atoms with E-state index in [2.05, 4.69) is 0 Å². The second-order valence-electron chi connectivity index (χ2n) is 1.89. The summed E-state index contributed by atoms with van der Waals surface area (Å²) in [6, 6.07) is 0. The van der Waals surface area contributed by atoms with Gasteiger partial charge in [-0.2, -0.15) is 0 Å². The first-order valence-electron chi connectivity index (χ1n) is 2.55. The predicted molar refractivity (Wildman–Crippen MR) is 29.3 cm³/mol. The Morgan fingerprint density at radius 2 is 2.12 bits per heavy atom. The van der Waals surface area contributed by atoms with E-state index >= 15 is 0 Å². The summed E-state index contributed by atoms with van der Waals surface area (Å²) >= 11 is 0. The van der Waals surface area contributed by atoms with E-state index in [1.165, 1.54) is 0 Å². The van der Waals surface area contributed by atoms with Crippen LogP contribution in [0.4, 0.5) is 0 Å². The molecule has 1 rings (SSSR count). The van der Waals surface area contributed by atoms with Crippen LogP contribution >= 0.6 is 0 Å². The SMILES string of the molecule is CC1=C(C)C(=O)CO1. The van der Waals surface area contributed by atoms with Gasteiger partial charge in [0.15, 0.2) is 12.4 Å². The average Bonchev–Trinajstić information content (AvgIpc) is 1.98. The fourth-order valence-electron chi connectivity index (χ4n) is 0.587. The summed E-state index contributed by atoms with van der Waals surface area (Å²) in [5.74, 6) is 0.887. The molecule has 44 valence electrons. The zero-order valence-electron chi connectivity index (χ0n) is 5.02. The van der Waals surface area contributed by atoms with Crippen LogP contribution in [0.1, 0.15) is 13.8 Å². The van der Waals surface area contributed by atoms with Gasteiger partial charge in [0.05, 0.1) is 0 Å². The van der Waals surface area contributed by atoms with Crippen molar-refractivity contribution in [3.8, 4) is 0 Å². The molecular formula is C6H8O2. The molecule has 0 atom stereocenters. The van der Waals surface area contributed by atoms with Crippen molar-refractivity contribution in [2.45, 2.75) is 13.8 Å². The third-order valence-electron chi connectivity index (χ3n) is 1.37. The van der Waals surface area contributed by atoms with E-state index in [4.69, 9.17) is 4.74 Å². The molecule has 0 fully saturated rings. The third kappa shape index (κ3) is 0.619. The van der Waals surface area contributed by atoms with E-state index in [1.807, 2.05) is 0 Å². The molecule has 0 aromatic rings. The predicted octanol–water partition coefficient (Wildman–Crippen LogP) is 0.880. The highest BCUT2D eigenvalue weighted by atomic mass is 16.5. The molecule has 1 aliphatic heterocycles. The number of carbonyl (C=O) groups is 1. The first-order chi connectivity index (χ1) is 3.72. The Balaban J connectivity index is 2.86. The highest BCUT2D eigenvalue weighted by Gasteiger charge is 2.16. The maximum absolute atomic E-state index is 10.6. The van der Waals surface area contributed by atoms with E-state index in [9.17, 15) is 4.79 Å². The van der Waals surface area contributed by atoms with E-state index in [1.54, 1.807) is 13.8 Å². The van der Waals surface area contributed by atoms with Crippen LogP contribution in [0.25, 0.3) is 0 Å². The molecule has 0 radical (unpaired) electrons. The summed E-state index contributed by atoms with van der Waals surface area (Å²) in [5.41, 5.74) is 0.769. The van der Waals surface area contributed by atoms with Crippen LogP contribution in [0.2, 0.25) is 0 Å². The van der Waals surface area contributed by atoms with E-state index in [0.29, 0.717) is 0 Å². The van der Waals surface area contributed by atoms with Crippen molar-refractivity contribution in [1.29, 1.82) is 0 Å². The van der Waals surface area contributed by atoms with Gasteiger partial charge in [-0.1, -0.05) is 0 Å². The van der Waals surface area contributed by atoms with Crippen LogP contribution < -0.4 is 0 Å².